The molecule has 13 aromatic rings. The Bertz CT molecular complexity index is 3960. The van der Waals surface area contributed by atoms with Crippen LogP contribution < -0.4 is 20.7 Å². The largest absolute Gasteiger partial charge is 0.307 e. The highest BCUT2D eigenvalue weighted by Gasteiger charge is 2.43. The number of nitrogens with zero attached hydrogens (tertiary/aromatic N) is 2. The third-order valence-electron chi connectivity index (χ3n) is 14.3. The molecule has 0 N–H and O–H groups in total. The summed E-state index contributed by atoms with van der Waals surface area (Å²) >= 11 is 0. The second-order valence-electron chi connectivity index (χ2n) is 18.0. The maximum Gasteiger partial charge on any atom is 0.180 e. The first-order valence-corrected chi connectivity index (χ1v) is 25.8. The summed E-state index contributed by atoms with van der Waals surface area (Å²) in [6, 6.07) is 103. The lowest BCUT2D eigenvalue weighted by Crippen LogP contribution is -2.74. The molecule has 324 valence electrons. The van der Waals surface area contributed by atoms with Crippen molar-refractivity contribution in [1.29, 1.82) is 0 Å². The number of hydrogen-bond donors (Lipinski definition) is 0. The Labute approximate surface area is 403 Å². The minimum absolute atomic E-state index is 1.12. The predicted octanol–water partition coefficient (Wildman–Crippen LogP) is 14.3. The van der Waals surface area contributed by atoms with Crippen molar-refractivity contribution in [3.63, 3.8) is 0 Å². The van der Waals surface area contributed by atoms with E-state index in [4.69, 9.17) is 0 Å². The molecule has 0 aliphatic heterocycles. The zero-order valence-corrected chi connectivity index (χ0v) is 39.0. The summed E-state index contributed by atoms with van der Waals surface area (Å²) < 4.78 is 5.05. The Morgan fingerprint density at radius 1 is 0.275 bits per heavy atom. The molecule has 0 aliphatic carbocycles. The fourth-order valence-corrected chi connectivity index (χ4v) is 16.4. The zero-order valence-electron chi connectivity index (χ0n) is 38.0. The molecule has 0 amide bonds. The second-order valence-corrected chi connectivity index (χ2v) is 21.7. The molecule has 0 unspecified atom stereocenters. The molecule has 0 fully saturated rings. The third kappa shape index (κ3) is 6.54. The summed E-state index contributed by atoms with van der Waals surface area (Å²) in [5.41, 5.74) is 14.2. The third-order valence-corrected chi connectivity index (χ3v) is 19.1. The Morgan fingerprint density at radius 3 is 1.46 bits per heavy atom. The predicted molar refractivity (Wildman–Crippen MR) is 295 cm³/mol. The van der Waals surface area contributed by atoms with Gasteiger partial charge in [0.05, 0.1) is 27.8 Å². The van der Waals surface area contributed by atoms with Crippen LogP contribution >= 0.6 is 0 Å². The van der Waals surface area contributed by atoms with E-state index in [1.807, 2.05) is 0 Å². The van der Waals surface area contributed by atoms with Gasteiger partial charge in [0.1, 0.15) is 0 Å². The molecule has 0 aliphatic rings. The van der Waals surface area contributed by atoms with Crippen LogP contribution in [0, 0.1) is 0 Å². The van der Waals surface area contributed by atoms with Gasteiger partial charge in [-0.1, -0.05) is 243 Å². The Balaban J connectivity index is 1.11. The van der Waals surface area contributed by atoms with E-state index in [-0.39, 0.29) is 0 Å². The van der Waals surface area contributed by atoms with E-state index in [0.29, 0.717) is 0 Å². The maximum absolute atomic E-state index is 3.06. The van der Waals surface area contributed by atoms with Crippen molar-refractivity contribution in [2.75, 3.05) is 0 Å². The summed E-state index contributed by atoms with van der Waals surface area (Å²) in [6.45, 7) is 0. The van der Waals surface area contributed by atoms with Crippen LogP contribution in [0.3, 0.4) is 0 Å². The zero-order chi connectivity index (χ0) is 45.7. The molecule has 2 aromatic heterocycles. The molecule has 3 heteroatoms. The van der Waals surface area contributed by atoms with Crippen LogP contribution in [-0.4, -0.2) is 17.2 Å². The summed E-state index contributed by atoms with van der Waals surface area (Å²) in [4.78, 5) is 0. The van der Waals surface area contributed by atoms with Gasteiger partial charge in [-0.3, -0.25) is 0 Å². The van der Waals surface area contributed by atoms with Gasteiger partial charge in [-0.15, -0.1) is 0 Å². The monoisotopic (exact) mass is 894 g/mol. The highest BCUT2D eigenvalue weighted by Crippen LogP contribution is 2.41. The Hall–Kier alpha value is -8.76. The molecule has 0 bridgehead atoms. The standard InChI is InChI=1S/C66H46N2Si/c1-5-23-47(24-6-1)49-27-20-34-54(46-49)69(52-30-9-3-10-31-52,53-32-11-4-12-33-53)64-44-22-42-62-65(64)59-38-16-18-41-61(59)68(62)63-43-21-39-58-57-37-15-17-40-60(57)67(66(58)63)51-29-19-28-50(45-51)56-36-14-13-35-55(56)48-25-7-2-8-26-48/h1-46H. The number of hydrogen-bond acceptors (Lipinski definition) is 0. The minimum Gasteiger partial charge on any atom is -0.307 e. The van der Waals surface area contributed by atoms with E-state index in [1.165, 1.54) is 97.7 Å². The SMILES string of the molecule is c1ccc(-c2cccc([Si](c3ccccc3)(c3ccccc3)c3cccc4c3c3ccccc3n4-c3cccc4c5ccccc5n(-c5cccc(-c6ccccc6-c6ccccc6)c5)c34)c2)cc1. The van der Waals surface area contributed by atoms with Crippen molar-refractivity contribution >= 4 is 72.4 Å². The van der Waals surface area contributed by atoms with Gasteiger partial charge in [-0.2, -0.15) is 0 Å². The molecule has 2 heterocycles. The van der Waals surface area contributed by atoms with Gasteiger partial charge in [-0.05, 0) is 90.5 Å². The Kier molecular flexibility index (Phi) is 9.88. The van der Waals surface area contributed by atoms with Gasteiger partial charge < -0.3 is 9.13 Å². The molecule has 0 radical (unpaired) electrons. The van der Waals surface area contributed by atoms with Crippen molar-refractivity contribution in [2.45, 2.75) is 0 Å². The van der Waals surface area contributed by atoms with Crippen molar-refractivity contribution in [1.82, 2.24) is 9.13 Å². The van der Waals surface area contributed by atoms with Crippen LogP contribution in [0.2, 0.25) is 0 Å². The van der Waals surface area contributed by atoms with Crippen LogP contribution in [0.4, 0.5) is 0 Å². The Morgan fingerprint density at radius 2 is 0.754 bits per heavy atom. The summed E-state index contributed by atoms with van der Waals surface area (Å²) in [6.07, 6.45) is 0. The summed E-state index contributed by atoms with van der Waals surface area (Å²) in [5, 5.41) is 10.4. The average Bonchev–Trinajstić information content (AvgIpc) is 3.96. The average molecular weight is 895 g/mol. The van der Waals surface area contributed by atoms with Crippen LogP contribution in [-0.2, 0) is 0 Å². The molecular formula is C66H46N2Si. The minimum atomic E-state index is -3.06. The van der Waals surface area contributed by atoms with Crippen LogP contribution in [0.15, 0.2) is 279 Å². The molecule has 11 aromatic carbocycles. The number of rotatable bonds is 9. The first kappa shape index (κ1) is 40.5. The molecule has 0 spiro atoms. The molecule has 0 saturated heterocycles. The lowest BCUT2D eigenvalue weighted by molar-refractivity contribution is 1.13. The van der Waals surface area contributed by atoms with Crippen LogP contribution in [0.5, 0.6) is 0 Å². The maximum atomic E-state index is 2.55. The highest BCUT2D eigenvalue weighted by molar-refractivity contribution is 7.20. The molecule has 13 rings (SSSR count). The first-order chi connectivity index (χ1) is 34.3. The summed E-state index contributed by atoms with van der Waals surface area (Å²) in [7, 11) is -3.06. The normalized spacial score (nSPS) is 11.8. The topological polar surface area (TPSA) is 9.86 Å². The van der Waals surface area contributed by atoms with Crippen molar-refractivity contribution in [2.24, 2.45) is 0 Å². The van der Waals surface area contributed by atoms with Gasteiger partial charge in [0.25, 0.3) is 0 Å². The van der Waals surface area contributed by atoms with Crippen molar-refractivity contribution in [3.8, 4) is 44.8 Å². The number of benzene rings is 11. The number of aromatic nitrogens is 2. The smallest absolute Gasteiger partial charge is 0.180 e. The molecule has 2 nitrogen and oxygen atoms in total. The lowest BCUT2D eigenvalue weighted by Gasteiger charge is -2.35. The van der Waals surface area contributed by atoms with Gasteiger partial charge in [0.15, 0.2) is 8.07 Å². The van der Waals surface area contributed by atoms with Crippen molar-refractivity contribution in [3.05, 3.63) is 279 Å². The fourth-order valence-electron chi connectivity index (χ4n) is 11.4. The van der Waals surface area contributed by atoms with E-state index in [2.05, 4.69) is 288 Å². The molecule has 0 atom stereocenters. The van der Waals surface area contributed by atoms with Crippen molar-refractivity contribution < 1.29 is 0 Å². The number of fused-ring (bicyclic) bond motifs is 6. The van der Waals surface area contributed by atoms with Crippen LogP contribution in [0.1, 0.15) is 0 Å². The van der Waals surface area contributed by atoms with E-state index in [9.17, 15) is 0 Å². The van der Waals surface area contributed by atoms with Crippen LogP contribution in [0.25, 0.3) is 88.4 Å². The van der Waals surface area contributed by atoms with E-state index < -0.39 is 8.07 Å². The van der Waals surface area contributed by atoms with Gasteiger partial charge >= 0.3 is 0 Å². The summed E-state index contributed by atoms with van der Waals surface area (Å²) in [5.74, 6) is 0. The molecule has 69 heavy (non-hydrogen) atoms. The van der Waals surface area contributed by atoms with Gasteiger partial charge in [0.2, 0.25) is 0 Å². The molecule has 0 saturated carbocycles. The molecular weight excluding hydrogens is 849 g/mol. The van der Waals surface area contributed by atoms with Gasteiger partial charge in [-0.25, -0.2) is 0 Å². The first-order valence-electron chi connectivity index (χ1n) is 23.8. The second kappa shape index (κ2) is 16.8. The quantitative estimate of drug-likeness (QED) is 0.101. The fraction of sp³-hybridized carbons (Fsp3) is 0. The van der Waals surface area contributed by atoms with E-state index >= 15 is 0 Å². The van der Waals surface area contributed by atoms with Gasteiger partial charge in [0, 0.05) is 27.2 Å². The highest BCUT2D eigenvalue weighted by atomic mass is 28.3. The van der Waals surface area contributed by atoms with E-state index in [0.717, 1.165) is 11.4 Å². The number of para-hydroxylation sites is 3. The van der Waals surface area contributed by atoms with E-state index in [1.54, 1.807) is 0 Å². The lowest BCUT2D eigenvalue weighted by atomic mass is 9.94.